The number of carbonyl (C=O) groups is 1. The summed E-state index contributed by atoms with van der Waals surface area (Å²) in [6.45, 7) is 11.6. The van der Waals surface area contributed by atoms with Crippen LogP contribution in [0.15, 0.2) is 47.4 Å². The van der Waals surface area contributed by atoms with Gasteiger partial charge in [0, 0.05) is 31.7 Å². The van der Waals surface area contributed by atoms with Crippen molar-refractivity contribution in [1.29, 1.82) is 0 Å². The van der Waals surface area contributed by atoms with Crippen LogP contribution in [-0.4, -0.2) is 49.7 Å². The van der Waals surface area contributed by atoms with E-state index >= 15 is 0 Å². The van der Waals surface area contributed by atoms with Crippen LogP contribution in [0.2, 0.25) is 0 Å². The molecule has 0 atom stereocenters. The van der Waals surface area contributed by atoms with E-state index in [9.17, 15) is 13.2 Å². The molecule has 2 aromatic rings. The first-order valence-corrected chi connectivity index (χ1v) is 11.4. The van der Waals surface area contributed by atoms with Crippen LogP contribution in [0.4, 0.5) is 0 Å². The van der Waals surface area contributed by atoms with Gasteiger partial charge in [0.05, 0.1) is 4.90 Å². The second-order valence-corrected chi connectivity index (χ2v) is 10.7. The third kappa shape index (κ3) is 4.54. The molecule has 156 valence electrons. The summed E-state index contributed by atoms with van der Waals surface area (Å²) < 4.78 is 27.5. The van der Waals surface area contributed by atoms with Gasteiger partial charge in [-0.3, -0.25) is 4.79 Å². The fourth-order valence-electron chi connectivity index (χ4n) is 3.65. The van der Waals surface area contributed by atoms with Gasteiger partial charge in [0.25, 0.3) is 5.91 Å². The predicted octanol–water partition coefficient (Wildman–Crippen LogP) is 3.75. The molecule has 0 N–H and O–H groups in total. The molecule has 0 aliphatic carbocycles. The number of benzene rings is 2. The van der Waals surface area contributed by atoms with E-state index in [0.29, 0.717) is 36.6 Å². The molecule has 0 spiro atoms. The highest BCUT2D eigenvalue weighted by Crippen LogP contribution is 2.24. The number of amides is 1. The Bertz CT molecular complexity index is 997. The van der Waals surface area contributed by atoms with E-state index in [2.05, 4.69) is 20.8 Å². The number of hydrogen-bond donors (Lipinski definition) is 0. The van der Waals surface area contributed by atoms with Crippen LogP contribution < -0.4 is 0 Å². The summed E-state index contributed by atoms with van der Waals surface area (Å²) in [5.74, 6) is -0.0472. The Labute approximate surface area is 174 Å². The second-order valence-electron chi connectivity index (χ2n) is 8.79. The lowest BCUT2D eigenvalue weighted by Gasteiger charge is -2.34. The van der Waals surface area contributed by atoms with Crippen molar-refractivity contribution in [2.45, 2.75) is 44.9 Å². The lowest BCUT2D eigenvalue weighted by Crippen LogP contribution is -2.50. The third-order valence-electron chi connectivity index (χ3n) is 5.47. The Morgan fingerprint density at radius 1 is 0.897 bits per heavy atom. The normalized spacial score (nSPS) is 16.1. The minimum absolute atomic E-state index is 0.0374. The van der Waals surface area contributed by atoms with Gasteiger partial charge in [-0.15, -0.1) is 0 Å². The first kappa shape index (κ1) is 21.5. The summed E-state index contributed by atoms with van der Waals surface area (Å²) in [7, 11) is -3.55. The van der Waals surface area contributed by atoms with E-state index in [0.717, 1.165) is 11.1 Å². The Balaban J connectivity index is 1.69. The van der Waals surface area contributed by atoms with Crippen LogP contribution in [0.1, 0.15) is 47.8 Å². The number of nitrogens with zero attached hydrogens (tertiary/aromatic N) is 2. The van der Waals surface area contributed by atoms with Crippen molar-refractivity contribution in [2.24, 2.45) is 0 Å². The zero-order valence-corrected chi connectivity index (χ0v) is 18.7. The number of hydrogen-bond acceptors (Lipinski definition) is 3. The van der Waals surface area contributed by atoms with Gasteiger partial charge in [0.1, 0.15) is 0 Å². The smallest absolute Gasteiger partial charge is 0.253 e. The summed E-state index contributed by atoms with van der Waals surface area (Å²) in [4.78, 5) is 14.9. The Morgan fingerprint density at radius 2 is 1.48 bits per heavy atom. The van der Waals surface area contributed by atoms with Gasteiger partial charge in [-0.2, -0.15) is 4.31 Å². The van der Waals surface area contributed by atoms with Crippen LogP contribution in [-0.2, 0) is 15.4 Å². The molecule has 1 aliphatic heterocycles. The average Bonchev–Trinajstić information content (AvgIpc) is 2.66. The van der Waals surface area contributed by atoms with E-state index in [4.69, 9.17) is 0 Å². The number of carbonyl (C=O) groups excluding carboxylic acids is 1. The van der Waals surface area contributed by atoms with Crippen LogP contribution in [0.25, 0.3) is 0 Å². The van der Waals surface area contributed by atoms with Crippen LogP contribution >= 0.6 is 0 Å². The van der Waals surface area contributed by atoms with Crippen molar-refractivity contribution < 1.29 is 13.2 Å². The van der Waals surface area contributed by atoms with E-state index in [1.165, 1.54) is 9.87 Å². The monoisotopic (exact) mass is 414 g/mol. The van der Waals surface area contributed by atoms with Gasteiger partial charge in [0.2, 0.25) is 10.0 Å². The molecule has 0 aromatic heterocycles. The molecule has 0 bridgehead atoms. The summed E-state index contributed by atoms with van der Waals surface area (Å²) in [5, 5.41) is 0. The maximum Gasteiger partial charge on any atom is 0.253 e. The SMILES string of the molecule is Cc1ccc(S(=O)(=O)N2CCN(C(=O)c3ccc(C(C)(C)C)cc3)CC2)c(C)c1. The summed E-state index contributed by atoms with van der Waals surface area (Å²) in [5.41, 5.74) is 3.65. The number of rotatable bonds is 3. The minimum atomic E-state index is -3.55. The molecule has 1 amide bonds. The second kappa shape index (κ2) is 7.92. The molecule has 0 unspecified atom stereocenters. The van der Waals surface area contributed by atoms with Gasteiger partial charge in [0.15, 0.2) is 0 Å². The molecule has 29 heavy (non-hydrogen) atoms. The fraction of sp³-hybridized carbons (Fsp3) is 0.435. The molecule has 5 nitrogen and oxygen atoms in total. The molecule has 0 radical (unpaired) electrons. The molecular formula is C23H30N2O3S. The Hall–Kier alpha value is -2.18. The van der Waals surface area contributed by atoms with Gasteiger partial charge in [-0.05, 0) is 48.6 Å². The van der Waals surface area contributed by atoms with Crippen LogP contribution in [0.3, 0.4) is 0 Å². The molecule has 1 aliphatic rings. The van der Waals surface area contributed by atoms with Gasteiger partial charge >= 0.3 is 0 Å². The highest BCUT2D eigenvalue weighted by atomic mass is 32.2. The molecule has 0 saturated carbocycles. The van der Waals surface area contributed by atoms with E-state index in [1.807, 2.05) is 50.2 Å². The minimum Gasteiger partial charge on any atom is -0.336 e. The third-order valence-corrected chi connectivity index (χ3v) is 7.53. The largest absolute Gasteiger partial charge is 0.336 e. The van der Waals surface area contributed by atoms with E-state index in [-0.39, 0.29) is 11.3 Å². The molecule has 1 fully saturated rings. The first-order chi connectivity index (χ1) is 13.5. The standard InChI is InChI=1S/C23H30N2O3S/c1-17-6-11-21(18(2)16-17)29(27,28)25-14-12-24(13-15-25)22(26)19-7-9-20(10-8-19)23(3,4)5/h6-11,16H,12-15H2,1-5H3. The Kier molecular flexibility index (Phi) is 5.88. The van der Waals surface area contributed by atoms with Crippen molar-refractivity contribution in [3.63, 3.8) is 0 Å². The quantitative estimate of drug-likeness (QED) is 0.769. The summed E-state index contributed by atoms with van der Waals surface area (Å²) in [6, 6.07) is 13.1. The highest BCUT2D eigenvalue weighted by molar-refractivity contribution is 7.89. The molecule has 3 rings (SSSR count). The van der Waals surface area contributed by atoms with Crippen molar-refractivity contribution >= 4 is 15.9 Å². The van der Waals surface area contributed by atoms with Gasteiger partial charge < -0.3 is 4.90 Å². The summed E-state index contributed by atoms with van der Waals surface area (Å²) in [6.07, 6.45) is 0. The van der Waals surface area contributed by atoms with Crippen molar-refractivity contribution in [3.8, 4) is 0 Å². The van der Waals surface area contributed by atoms with Gasteiger partial charge in [-0.1, -0.05) is 50.6 Å². The number of aryl methyl sites for hydroxylation is 2. The zero-order valence-electron chi connectivity index (χ0n) is 17.9. The summed E-state index contributed by atoms with van der Waals surface area (Å²) >= 11 is 0. The predicted molar refractivity (Wildman–Crippen MR) is 116 cm³/mol. The van der Waals surface area contributed by atoms with Gasteiger partial charge in [-0.25, -0.2) is 8.42 Å². The molecule has 2 aromatic carbocycles. The topological polar surface area (TPSA) is 57.7 Å². The molecule has 1 heterocycles. The number of piperazine rings is 1. The van der Waals surface area contributed by atoms with Crippen molar-refractivity contribution in [2.75, 3.05) is 26.2 Å². The lowest BCUT2D eigenvalue weighted by atomic mass is 9.86. The van der Waals surface area contributed by atoms with E-state index in [1.54, 1.807) is 11.0 Å². The number of sulfonamides is 1. The molecule has 6 heteroatoms. The van der Waals surface area contributed by atoms with Crippen molar-refractivity contribution in [1.82, 2.24) is 9.21 Å². The average molecular weight is 415 g/mol. The zero-order chi connectivity index (χ0) is 21.4. The first-order valence-electron chi connectivity index (χ1n) is 9.97. The molecule has 1 saturated heterocycles. The van der Waals surface area contributed by atoms with Crippen LogP contribution in [0.5, 0.6) is 0 Å². The lowest BCUT2D eigenvalue weighted by molar-refractivity contribution is 0.0698. The Morgan fingerprint density at radius 3 is 2.00 bits per heavy atom. The van der Waals surface area contributed by atoms with E-state index < -0.39 is 10.0 Å². The van der Waals surface area contributed by atoms with Crippen molar-refractivity contribution in [3.05, 3.63) is 64.7 Å². The highest BCUT2D eigenvalue weighted by Gasteiger charge is 2.31. The fourth-order valence-corrected chi connectivity index (χ4v) is 5.28. The van der Waals surface area contributed by atoms with Crippen LogP contribution in [0, 0.1) is 13.8 Å². The maximum atomic E-state index is 13.0. The maximum absolute atomic E-state index is 13.0. The molecular weight excluding hydrogens is 384 g/mol.